The molecule has 0 aliphatic carbocycles. The van der Waals surface area contributed by atoms with Crippen LogP contribution in [-0.4, -0.2) is 17.6 Å². The molecule has 0 fully saturated rings. The monoisotopic (exact) mass is 192 g/mol. The SMILES string of the molecule is CC(CCl)CCCCCCCO. The van der Waals surface area contributed by atoms with Gasteiger partial charge in [-0.15, -0.1) is 11.6 Å². The minimum absolute atomic E-state index is 0.345. The van der Waals surface area contributed by atoms with Gasteiger partial charge in [-0.05, 0) is 18.8 Å². The second-order valence-corrected chi connectivity index (χ2v) is 3.85. The van der Waals surface area contributed by atoms with E-state index in [2.05, 4.69) is 6.92 Å². The summed E-state index contributed by atoms with van der Waals surface area (Å²) in [5.74, 6) is 1.46. The van der Waals surface area contributed by atoms with Crippen molar-refractivity contribution in [2.75, 3.05) is 12.5 Å². The quantitative estimate of drug-likeness (QED) is 0.463. The molecule has 0 saturated carbocycles. The van der Waals surface area contributed by atoms with Crippen LogP contribution >= 0.6 is 11.6 Å². The Labute approximate surface area is 81.1 Å². The van der Waals surface area contributed by atoms with Crippen LogP contribution in [0.2, 0.25) is 0 Å². The number of hydrogen-bond acceptors (Lipinski definition) is 1. The maximum absolute atomic E-state index is 8.53. The van der Waals surface area contributed by atoms with Crippen LogP contribution in [0.25, 0.3) is 0 Å². The van der Waals surface area contributed by atoms with Crippen LogP contribution < -0.4 is 0 Å². The summed E-state index contributed by atoms with van der Waals surface area (Å²) in [5.41, 5.74) is 0. The lowest BCUT2D eigenvalue weighted by atomic mass is 10.0. The molecular weight excluding hydrogens is 172 g/mol. The van der Waals surface area contributed by atoms with E-state index in [0.717, 1.165) is 12.3 Å². The molecule has 0 amide bonds. The molecule has 0 aromatic carbocycles. The Kier molecular flexibility index (Phi) is 9.53. The van der Waals surface area contributed by atoms with Gasteiger partial charge in [0, 0.05) is 12.5 Å². The van der Waals surface area contributed by atoms with Crippen LogP contribution in [-0.2, 0) is 0 Å². The van der Waals surface area contributed by atoms with E-state index in [1.807, 2.05) is 0 Å². The molecule has 2 heteroatoms. The van der Waals surface area contributed by atoms with E-state index < -0.39 is 0 Å². The number of aliphatic hydroxyl groups excluding tert-OH is 1. The largest absolute Gasteiger partial charge is 0.396 e. The first-order valence-corrected chi connectivity index (χ1v) is 5.51. The summed E-state index contributed by atoms with van der Waals surface area (Å²) in [6, 6.07) is 0. The van der Waals surface area contributed by atoms with Gasteiger partial charge in [0.2, 0.25) is 0 Å². The summed E-state index contributed by atoms with van der Waals surface area (Å²) in [7, 11) is 0. The average molecular weight is 193 g/mol. The molecule has 0 radical (unpaired) electrons. The van der Waals surface area contributed by atoms with E-state index in [4.69, 9.17) is 16.7 Å². The lowest BCUT2D eigenvalue weighted by molar-refractivity contribution is 0.282. The molecule has 0 saturated heterocycles. The van der Waals surface area contributed by atoms with Crippen molar-refractivity contribution in [1.29, 1.82) is 0 Å². The zero-order valence-corrected chi connectivity index (χ0v) is 8.82. The molecular formula is C10H21ClO. The average Bonchev–Trinajstić information content (AvgIpc) is 2.10. The third kappa shape index (κ3) is 8.35. The van der Waals surface area contributed by atoms with Gasteiger partial charge in [-0.3, -0.25) is 0 Å². The zero-order valence-electron chi connectivity index (χ0n) is 8.06. The number of hydrogen-bond donors (Lipinski definition) is 1. The molecule has 12 heavy (non-hydrogen) atoms. The second kappa shape index (κ2) is 9.34. The molecule has 1 nitrogen and oxygen atoms in total. The van der Waals surface area contributed by atoms with E-state index in [-0.39, 0.29) is 0 Å². The highest BCUT2D eigenvalue weighted by Crippen LogP contribution is 2.11. The van der Waals surface area contributed by atoms with Gasteiger partial charge in [-0.25, -0.2) is 0 Å². The van der Waals surface area contributed by atoms with Gasteiger partial charge >= 0.3 is 0 Å². The van der Waals surface area contributed by atoms with Gasteiger partial charge in [0.05, 0.1) is 0 Å². The lowest BCUT2D eigenvalue weighted by Gasteiger charge is -2.05. The van der Waals surface area contributed by atoms with E-state index in [1.165, 1.54) is 32.1 Å². The molecule has 74 valence electrons. The van der Waals surface area contributed by atoms with Gasteiger partial charge in [0.15, 0.2) is 0 Å². The number of unbranched alkanes of at least 4 members (excludes halogenated alkanes) is 4. The third-order valence-corrected chi connectivity index (χ3v) is 2.65. The molecule has 1 atom stereocenters. The van der Waals surface area contributed by atoms with Gasteiger partial charge in [-0.2, -0.15) is 0 Å². The lowest BCUT2D eigenvalue weighted by Crippen LogP contribution is -1.95. The first-order chi connectivity index (χ1) is 5.81. The van der Waals surface area contributed by atoms with Crippen molar-refractivity contribution < 1.29 is 5.11 Å². The predicted octanol–water partition coefficient (Wildman–Crippen LogP) is 3.19. The van der Waals surface area contributed by atoms with Crippen LogP contribution in [0.15, 0.2) is 0 Å². The Morgan fingerprint density at radius 3 is 2.25 bits per heavy atom. The summed E-state index contributed by atoms with van der Waals surface area (Å²) in [6.07, 6.45) is 7.23. The normalized spacial score (nSPS) is 13.2. The van der Waals surface area contributed by atoms with Crippen LogP contribution in [0, 0.1) is 5.92 Å². The predicted molar refractivity (Wildman–Crippen MR) is 54.7 cm³/mol. The van der Waals surface area contributed by atoms with Crippen molar-refractivity contribution in [2.24, 2.45) is 5.92 Å². The maximum Gasteiger partial charge on any atom is 0.0431 e. The third-order valence-electron chi connectivity index (χ3n) is 2.12. The summed E-state index contributed by atoms with van der Waals surface area (Å²) in [5, 5.41) is 8.53. The first kappa shape index (κ1) is 12.2. The van der Waals surface area contributed by atoms with Crippen molar-refractivity contribution in [3.05, 3.63) is 0 Å². The van der Waals surface area contributed by atoms with Crippen LogP contribution in [0.4, 0.5) is 0 Å². The van der Waals surface area contributed by atoms with Crippen molar-refractivity contribution in [2.45, 2.75) is 45.4 Å². The fraction of sp³-hybridized carbons (Fsp3) is 1.00. The fourth-order valence-corrected chi connectivity index (χ4v) is 1.37. The molecule has 1 unspecified atom stereocenters. The molecule has 0 bridgehead atoms. The molecule has 0 aliphatic rings. The minimum Gasteiger partial charge on any atom is -0.396 e. The highest BCUT2D eigenvalue weighted by molar-refractivity contribution is 6.18. The fourth-order valence-electron chi connectivity index (χ4n) is 1.21. The summed E-state index contributed by atoms with van der Waals surface area (Å²) < 4.78 is 0. The first-order valence-electron chi connectivity index (χ1n) is 4.98. The van der Waals surface area contributed by atoms with Crippen molar-refractivity contribution in [1.82, 2.24) is 0 Å². The maximum atomic E-state index is 8.53. The summed E-state index contributed by atoms with van der Waals surface area (Å²) in [6.45, 7) is 2.54. The number of halogens is 1. The Morgan fingerprint density at radius 2 is 1.67 bits per heavy atom. The van der Waals surface area contributed by atoms with Crippen molar-refractivity contribution in [3.63, 3.8) is 0 Å². The van der Waals surface area contributed by atoms with Crippen molar-refractivity contribution >= 4 is 11.6 Å². The summed E-state index contributed by atoms with van der Waals surface area (Å²) >= 11 is 5.68. The van der Waals surface area contributed by atoms with E-state index in [0.29, 0.717) is 12.5 Å². The molecule has 0 rings (SSSR count). The van der Waals surface area contributed by atoms with E-state index in [1.54, 1.807) is 0 Å². The van der Waals surface area contributed by atoms with Crippen LogP contribution in [0.1, 0.15) is 45.4 Å². The standard InChI is InChI=1S/C10H21ClO/c1-10(9-11)7-5-3-2-4-6-8-12/h10,12H,2-9H2,1H3. The molecule has 0 aromatic heterocycles. The Hall–Kier alpha value is 0.250. The topological polar surface area (TPSA) is 20.2 Å². The highest BCUT2D eigenvalue weighted by Gasteiger charge is 1.98. The molecule has 0 heterocycles. The van der Waals surface area contributed by atoms with Crippen LogP contribution in [0.3, 0.4) is 0 Å². The van der Waals surface area contributed by atoms with Crippen LogP contribution in [0.5, 0.6) is 0 Å². The Bertz CT molecular complexity index is 85.9. The number of alkyl halides is 1. The molecule has 0 aromatic rings. The Morgan fingerprint density at radius 1 is 1.08 bits per heavy atom. The van der Waals surface area contributed by atoms with Gasteiger partial charge in [-0.1, -0.05) is 32.6 Å². The van der Waals surface area contributed by atoms with Gasteiger partial charge < -0.3 is 5.11 Å². The van der Waals surface area contributed by atoms with Crippen molar-refractivity contribution in [3.8, 4) is 0 Å². The smallest absolute Gasteiger partial charge is 0.0431 e. The number of aliphatic hydroxyl groups is 1. The molecule has 1 N–H and O–H groups in total. The van der Waals surface area contributed by atoms with Gasteiger partial charge in [0.25, 0.3) is 0 Å². The molecule has 0 spiro atoms. The Balaban J connectivity index is 2.90. The molecule has 0 aliphatic heterocycles. The number of rotatable bonds is 8. The minimum atomic E-state index is 0.345. The highest BCUT2D eigenvalue weighted by atomic mass is 35.5. The second-order valence-electron chi connectivity index (χ2n) is 3.54. The van der Waals surface area contributed by atoms with E-state index in [9.17, 15) is 0 Å². The van der Waals surface area contributed by atoms with Gasteiger partial charge in [0.1, 0.15) is 0 Å². The summed E-state index contributed by atoms with van der Waals surface area (Å²) in [4.78, 5) is 0. The van der Waals surface area contributed by atoms with E-state index >= 15 is 0 Å². The zero-order chi connectivity index (χ0) is 9.23.